The van der Waals surface area contributed by atoms with Crippen molar-refractivity contribution in [2.75, 3.05) is 26.7 Å². The number of halogens is 1. The normalized spacial score (nSPS) is 12.7. The molecule has 1 aromatic carbocycles. The number of methoxy groups -OCH3 is 1. The second-order valence-electron chi connectivity index (χ2n) is 5.13. The topological polar surface area (TPSA) is 45.7 Å². The van der Waals surface area contributed by atoms with E-state index in [1.54, 1.807) is 7.11 Å². The summed E-state index contributed by atoms with van der Waals surface area (Å²) in [6.45, 7) is 8.76. The van der Waals surface area contributed by atoms with Crippen LogP contribution in [-0.2, 0) is 4.74 Å². The lowest BCUT2D eigenvalue weighted by atomic mass is 10.1. The quantitative estimate of drug-likeness (QED) is 0.416. The molecule has 0 aliphatic rings. The molecule has 0 spiro atoms. The molecule has 0 aromatic heterocycles. The molecular formula is C16H28IN3O. The number of ether oxygens (including phenoxy) is 1. The van der Waals surface area contributed by atoms with Crippen LogP contribution < -0.4 is 10.6 Å². The predicted molar refractivity (Wildman–Crippen MR) is 100 cm³/mol. The molecule has 4 nitrogen and oxygen atoms in total. The predicted octanol–water partition coefficient (Wildman–Crippen LogP) is 3.20. The van der Waals surface area contributed by atoms with Gasteiger partial charge in [-0.1, -0.05) is 44.2 Å². The molecule has 0 heterocycles. The van der Waals surface area contributed by atoms with E-state index in [2.05, 4.69) is 48.5 Å². The highest BCUT2D eigenvalue weighted by molar-refractivity contribution is 14.0. The van der Waals surface area contributed by atoms with Crippen LogP contribution in [0, 0.1) is 5.92 Å². The van der Waals surface area contributed by atoms with Crippen LogP contribution in [0.1, 0.15) is 32.4 Å². The molecule has 0 aliphatic heterocycles. The summed E-state index contributed by atoms with van der Waals surface area (Å²) < 4.78 is 5.55. The molecule has 1 atom stereocenters. The number of hydrogen-bond acceptors (Lipinski definition) is 2. The van der Waals surface area contributed by atoms with Crippen molar-refractivity contribution in [3.05, 3.63) is 35.9 Å². The number of guanidine groups is 1. The van der Waals surface area contributed by atoms with Gasteiger partial charge in [-0.15, -0.1) is 24.0 Å². The van der Waals surface area contributed by atoms with E-state index in [9.17, 15) is 0 Å². The first-order chi connectivity index (χ1) is 9.67. The van der Waals surface area contributed by atoms with Crippen molar-refractivity contribution in [3.63, 3.8) is 0 Å². The third-order valence-electron chi connectivity index (χ3n) is 2.87. The zero-order chi connectivity index (χ0) is 14.8. The molecule has 1 unspecified atom stereocenters. The number of aliphatic imine (C=N–C) groups is 1. The Morgan fingerprint density at radius 1 is 1.19 bits per heavy atom. The Hall–Kier alpha value is -0.820. The molecule has 120 valence electrons. The van der Waals surface area contributed by atoms with Gasteiger partial charge in [-0.2, -0.15) is 0 Å². The van der Waals surface area contributed by atoms with Crippen LogP contribution in [0.2, 0.25) is 0 Å². The lowest BCUT2D eigenvalue weighted by molar-refractivity contribution is 0.106. The van der Waals surface area contributed by atoms with Gasteiger partial charge in [0.25, 0.3) is 0 Å². The van der Waals surface area contributed by atoms with Crippen LogP contribution in [-0.4, -0.2) is 32.7 Å². The van der Waals surface area contributed by atoms with E-state index >= 15 is 0 Å². The third kappa shape index (κ3) is 8.26. The number of rotatable bonds is 7. The fourth-order valence-corrected chi connectivity index (χ4v) is 1.81. The summed E-state index contributed by atoms with van der Waals surface area (Å²) >= 11 is 0. The van der Waals surface area contributed by atoms with Gasteiger partial charge < -0.3 is 15.4 Å². The molecule has 0 aliphatic carbocycles. The fraction of sp³-hybridized carbons (Fsp3) is 0.562. The average molecular weight is 405 g/mol. The SMILES string of the molecule is CCNC(=NCC(C)C)NCC(OC)c1ccccc1.I. The largest absolute Gasteiger partial charge is 0.375 e. The van der Waals surface area contributed by atoms with Crippen LogP contribution in [0.5, 0.6) is 0 Å². The molecule has 0 bridgehead atoms. The van der Waals surface area contributed by atoms with Crippen LogP contribution >= 0.6 is 24.0 Å². The standard InChI is InChI=1S/C16H27N3O.HI/c1-5-17-16(18-11-13(2)3)19-12-15(20-4)14-9-7-6-8-10-14;/h6-10,13,15H,5,11-12H2,1-4H3,(H2,17,18,19);1H. The molecule has 1 aromatic rings. The second-order valence-corrected chi connectivity index (χ2v) is 5.13. The highest BCUT2D eigenvalue weighted by Gasteiger charge is 2.10. The van der Waals surface area contributed by atoms with E-state index in [1.165, 1.54) is 5.56 Å². The van der Waals surface area contributed by atoms with Gasteiger partial charge in [0.2, 0.25) is 0 Å². The van der Waals surface area contributed by atoms with Gasteiger partial charge in [-0.3, -0.25) is 4.99 Å². The number of nitrogens with one attached hydrogen (secondary N) is 2. The average Bonchev–Trinajstić information content (AvgIpc) is 2.46. The lowest BCUT2D eigenvalue weighted by Crippen LogP contribution is -2.40. The molecule has 2 N–H and O–H groups in total. The summed E-state index contributed by atoms with van der Waals surface area (Å²) in [5.41, 5.74) is 1.17. The Labute approximate surface area is 145 Å². The van der Waals surface area contributed by atoms with Crippen molar-refractivity contribution in [2.24, 2.45) is 10.9 Å². The van der Waals surface area contributed by atoms with E-state index < -0.39 is 0 Å². The number of benzene rings is 1. The van der Waals surface area contributed by atoms with Crippen LogP contribution in [0.15, 0.2) is 35.3 Å². The van der Waals surface area contributed by atoms with Gasteiger partial charge in [0.1, 0.15) is 0 Å². The maximum absolute atomic E-state index is 5.55. The molecule has 5 heteroatoms. The maximum Gasteiger partial charge on any atom is 0.191 e. The third-order valence-corrected chi connectivity index (χ3v) is 2.87. The number of nitrogens with zero attached hydrogens (tertiary/aromatic N) is 1. The van der Waals surface area contributed by atoms with E-state index in [-0.39, 0.29) is 30.1 Å². The van der Waals surface area contributed by atoms with Gasteiger partial charge >= 0.3 is 0 Å². The maximum atomic E-state index is 5.55. The van der Waals surface area contributed by atoms with Crippen molar-refractivity contribution in [2.45, 2.75) is 26.9 Å². The Morgan fingerprint density at radius 2 is 1.86 bits per heavy atom. The van der Waals surface area contributed by atoms with E-state index in [0.29, 0.717) is 12.5 Å². The highest BCUT2D eigenvalue weighted by Crippen LogP contribution is 2.14. The lowest BCUT2D eigenvalue weighted by Gasteiger charge is -2.19. The zero-order valence-electron chi connectivity index (χ0n) is 13.4. The Bertz CT molecular complexity index is 396. The van der Waals surface area contributed by atoms with E-state index in [1.807, 2.05) is 18.2 Å². The molecule has 0 saturated carbocycles. The molecule has 0 radical (unpaired) electrons. The molecule has 0 amide bonds. The van der Waals surface area contributed by atoms with Crippen molar-refractivity contribution in [1.29, 1.82) is 0 Å². The summed E-state index contributed by atoms with van der Waals surface area (Å²) in [6.07, 6.45) is 0.0270. The zero-order valence-corrected chi connectivity index (χ0v) is 15.8. The van der Waals surface area contributed by atoms with Gasteiger partial charge in [-0.25, -0.2) is 0 Å². The Morgan fingerprint density at radius 3 is 2.38 bits per heavy atom. The van der Waals surface area contributed by atoms with E-state index in [4.69, 9.17) is 4.74 Å². The van der Waals surface area contributed by atoms with Crippen molar-refractivity contribution >= 4 is 29.9 Å². The summed E-state index contributed by atoms with van der Waals surface area (Å²) in [4.78, 5) is 4.55. The first-order valence-electron chi connectivity index (χ1n) is 7.27. The number of hydrogen-bond donors (Lipinski definition) is 2. The minimum atomic E-state index is 0. The monoisotopic (exact) mass is 405 g/mol. The molecule has 0 saturated heterocycles. The van der Waals surface area contributed by atoms with Gasteiger partial charge in [-0.05, 0) is 18.4 Å². The van der Waals surface area contributed by atoms with Gasteiger partial charge in [0, 0.05) is 26.7 Å². The minimum absolute atomic E-state index is 0. The minimum Gasteiger partial charge on any atom is -0.375 e. The first kappa shape index (κ1) is 20.2. The smallest absolute Gasteiger partial charge is 0.191 e. The first-order valence-corrected chi connectivity index (χ1v) is 7.27. The summed E-state index contributed by atoms with van der Waals surface area (Å²) in [5, 5.41) is 6.59. The van der Waals surface area contributed by atoms with Crippen molar-refractivity contribution in [3.8, 4) is 0 Å². The molecule has 0 fully saturated rings. The molecule has 21 heavy (non-hydrogen) atoms. The van der Waals surface area contributed by atoms with Gasteiger partial charge in [0.15, 0.2) is 5.96 Å². The van der Waals surface area contributed by atoms with Crippen LogP contribution in [0.3, 0.4) is 0 Å². The highest BCUT2D eigenvalue weighted by atomic mass is 127. The summed E-state index contributed by atoms with van der Waals surface area (Å²) in [5.74, 6) is 1.40. The van der Waals surface area contributed by atoms with Crippen molar-refractivity contribution in [1.82, 2.24) is 10.6 Å². The second kappa shape index (κ2) is 11.8. The fourth-order valence-electron chi connectivity index (χ4n) is 1.81. The summed E-state index contributed by atoms with van der Waals surface area (Å²) in [6, 6.07) is 10.2. The van der Waals surface area contributed by atoms with Crippen molar-refractivity contribution < 1.29 is 4.74 Å². The molecular weight excluding hydrogens is 377 g/mol. The Balaban J connectivity index is 0.00000400. The van der Waals surface area contributed by atoms with Crippen LogP contribution in [0.4, 0.5) is 0 Å². The van der Waals surface area contributed by atoms with Gasteiger partial charge in [0.05, 0.1) is 6.10 Å². The molecule has 1 rings (SSSR count). The van der Waals surface area contributed by atoms with Crippen LogP contribution in [0.25, 0.3) is 0 Å². The summed E-state index contributed by atoms with van der Waals surface area (Å²) in [7, 11) is 1.73. The van der Waals surface area contributed by atoms with E-state index in [0.717, 1.165) is 19.0 Å². The Kier molecular flexibility index (Phi) is 11.3.